The first kappa shape index (κ1) is 39.7. The van der Waals surface area contributed by atoms with E-state index in [1.54, 1.807) is 6.92 Å². The van der Waals surface area contributed by atoms with Crippen molar-refractivity contribution >= 4 is 25.4 Å². The van der Waals surface area contributed by atoms with Gasteiger partial charge in [-0.1, -0.05) is 109 Å². The number of hydrogen-bond donors (Lipinski definition) is 3. The molecular weight excluding hydrogens is 623 g/mol. The molecule has 1 fully saturated rings. The van der Waals surface area contributed by atoms with E-state index < -0.39 is 61.8 Å². The van der Waals surface area contributed by atoms with Gasteiger partial charge in [0, 0.05) is 0 Å². The third-order valence-corrected chi connectivity index (χ3v) is 8.41. The first-order chi connectivity index (χ1) is 21.8. The number of rotatable bonds is 14. The van der Waals surface area contributed by atoms with E-state index in [4.69, 9.17) is 9.05 Å². The lowest BCUT2D eigenvalue weighted by Gasteiger charge is -2.36. The summed E-state index contributed by atoms with van der Waals surface area (Å²) < 4.78 is 27.2. The fourth-order valence-electron chi connectivity index (χ4n) is 4.79. The highest BCUT2D eigenvalue weighted by Gasteiger charge is 2.47. The number of carbonyl (C=O) groups is 3. The minimum Gasteiger partial charge on any atom is -0.450 e. The van der Waals surface area contributed by atoms with Crippen LogP contribution in [-0.4, -0.2) is 63.7 Å². The molecule has 0 amide bonds. The fraction of sp³-hybridized carbons (Fsp3) is 0.417. The van der Waals surface area contributed by atoms with Crippen LogP contribution in [0.2, 0.25) is 0 Å². The zero-order chi connectivity index (χ0) is 35.5. The summed E-state index contributed by atoms with van der Waals surface area (Å²) in [5, 5.41) is 19.8. The van der Waals surface area contributed by atoms with E-state index in [9.17, 15) is 34.1 Å². The molecule has 47 heavy (non-hydrogen) atoms. The van der Waals surface area contributed by atoms with E-state index >= 15 is 0 Å². The van der Waals surface area contributed by atoms with E-state index in [0.29, 0.717) is 5.57 Å². The van der Waals surface area contributed by atoms with Crippen LogP contribution in [0.1, 0.15) is 61.8 Å². The van der Waals surface area contributed by atoms with Crippen LogP contribution >= 0.6 is 7.82 Å². The molecule has 0 aromatic rings. The third kappa shape index (κ3) is 12.6. The molecule has 0 radical (unpaired) electrons. The standard InChI is InChI=1S/C36H47O10P/c1-23(2)13-11-16-24(3)14-9-10-15-25(4)17-12-18-26(5)19-20-28-27(6)31(38)30(21-36(28,7)8)46-47(42,43)44-22-29(37)34-32(39)33(40)35(41)45-34/h9-20,29-30,32,34,37,39H,21-22H2,1-8H3,(H,42,43)/t29-,30?,32?,34+/m0/s1. The predicted octanol–water partition coefficient (Wildman–Crippen LogP) is 6.05. The largest absolute Gasteiger partial charge is 0.472 e. The lowest BCUT2D eigenvalue weighted by Crippen LogP contribution is -2.40. The summed E-state index contributed by atoms with van der Waals surface area (Å²) in [7, 11) is -4.88. The molecule has 1 aliphatic carbocycles. The Labute approximate surface area is 277 Å². The van der Waals surface area contributed by atoms with Gasteiger partial charge in [-0.05, 0) is 64.5 Å². The number of Topliss-reactive ketones (excluding diaryl/α,β-unsaturated/α-hetero) is 2. The van der Waals surface area contributed by atoms with E-state index in [1.807, 2.05) is 95.4 Å². The lowest BCUT2D eigenvalue weighted by atomic mass is 9.71. The molecular formula is C36H47O10P. The zero-order valence-electron chi connectivity index (χ0n) is 28.3. The summed E-state index contributed by atoms with van der Waals surface area (Å²) in [5.41, 5.74) is 4.92. The highest BCUT2D eigenvalue weighted by Crippen LogP contribution is 2.50. The van der Waals surface area contributed by atoms with Gasteiger partial charge in [-0.3, -0.25) is 18.6 Å². The van der Waals surface area contributed by atoms with Crippen LogP contribution in [0.15, 0.2) is 106 Å². The van der Waals surface area contributed by atoms with Gasteiger partial charge in [-0.2, -0.15) is 0 Å². The first-order valence-electron chi connectivity index (χ1n) is 15.2. The molecule has 3 unspecified atom stereocenters. The van der Waals surface area contributed by atoms with Crippen molar-refractivity contribution in [2.45, 2.75) is 86.2 Å². The number of allylic oxidation sites excluding steroid dienone is 17. The molecule has 0 saturated carbocycles. The number of cyclic esters (lactones) is 1. The molecule has 1 heterocycles. The van der Waals surface area contributed by atoms with Crippen molar-refractivity contribution in [2.75, 3.05) is 6.61 Å². The van der Waals surface area contributed by atoms with E-state index in [1.165, 1.54) is 5.57 Å². The van der Waals surface area contributed by atoms with Crippen LogP contribution < -0.4 is 0 Å². The molecule has 0 aromatic heterocycles. The third-order valence-electron chi connectivity index (χ3n) is 7.41. The monoisotopic (exact) mass is 670 g/mol. The van der Waals surface area contributed by atoms with Crippen molar-refractivity contribution in [1.82, 2.24) is 0 Å². The normalized spacial score (nSPS) is 25.0. The van der Waals surface area contributed by atoms with Gasteiger partial charge < -0.3 is 19.8 Å². The Hall–Kier alpha value is -3.50. The van der Waals surface area contributed by atoms with Gasteiger partial charge in [-0.25, -0.2) is 9.36 Å². The van der Waals surface area contributed by atoms with Crippen LogP contribution in [0.5, 0.6) is 0 Å². The number of esters is 1. The maximum atomic E-state index is 13.1. The summed E-state index contributed by atoms with van der Waals surface area (Å²) in [5.74, 6) is -3.06. The number of hydrogen-bond acceptors (Lipinski definition) is 9. The van der Waals surface area contributed by atoms with Crippen LogP contribution in [0, 0.1) is 5.41 Å². The topological polar surface area (TPSA) is 157 Å². The number of phosphoric acid groups is 1. The highest BCUT2D eigenvalue weighted by molar-refractivity contribution is 7.47. The number of aliphatic hydroxyl groups is 2. The van der Waals surface area contributed by atoms with Crippen molar-refractivity contribution in [1.29, 1.82) is 0 Å². The summed E-state index contributed by atoms with van der Waals surface area (Å²) in [6.45, 7) is 14.6. The van der Waals surface area contributed by atoms with Gasteiger partial charge in [0.25, 0.3) is 5.78 Å². The minimum atomic E-state index is -4.88. The molecule has 2 rings (SSSR count). The quantitative estimate of drug-likeness (QED) is 0.0860. The first-order valence-corrected chi connectivity index (χ1v) is 16.7. The number of ketones is 2. The maximum absolute atomic E-state index is 13.1. The molecule has 10 nitrogen and oxygen atoms in total. The van der Waals surface area contributed by atoms with Crippen molar-refractivity contribution < 1.29 is 47.8 Å². The van der Waals surface area contributed by atoms with Crippen molar-refractivity contribution in [3.8, 4) is 0 Å². The highest BCUT2D eigenvalue weighted by atomic mass is 31.2. The second kappa shape index (κ2) is 17.6. The molecule has 0 spiro atoms. The Balaban J connectivity index is 2.02. The van der Waals surface area contributed by atoms with Gasteiger partial charge >= 0.3 is 13.8 Å². The van der Waals surface area contributed by atoms with Crippen molar-refractivity contribution in [2.24, 2.45) is 5.41 Å². The van der Waals surface area contributed by atoms with Gasteiger partial charge in [0.15, 0.2) is 18.0 Å². The SMILES string of the molecule is CC(C)=CC=CC(C)=CC=CC=C(C)C=CC=C(C)C=CC1=C(C)C(=O)C(OP(=O)(O)OC[C@H](O)[C@H]2OC(=O)C(=O)C2O)CC1(C)C. The Morgan fingerprint density at radius 3 is 1.98 bits per heavy atom. The van der Waals surface area contributed by atoms with Crippen molar-refractivity contribution in [3.05, 3.63) is 106 Å². The second-order valence-electron chi connectivity index (χ2n) is 12.5. The molecule has 11 heteroatoms. The van der Waals surface area contributed by atoms with Crippen LogP contribution in [0.25, 0.3) is 0 Å². The Bertz CT molecular complexity index is 1530. The summed E-state index contributed by atoms with van der Waals surface area (Å²) >= 11 is 0. The fourth-order valence-corrected chi connectivity index (χ4v) is 5.68. The summed E-state index contributed by atoms with van der Waals surface area (Å²) in [6, 6.07) is 0. The van der Waals surface area contributed by atoms with E-state index in [2.05, 4.69) is 30.7 Å². The average Bonchev–Trinajstić information content (AvgIpc) is 3.23. The number of carbonyl (C=O) groups excluding carboxylic acids is 3. The Morgan fingerprint density at radius 2 is 1.45 bits per heavy atom. The summed E-state index contributed by atoms with van der Waals surface area (Å²) in [4.78, 5) is 46.1. The van der Waals surface area contributed by atoms with Gasteiger partial charge in [0.1, 0.15) is 12.2 Å². The number of ether oxygens (including phenoxy) is 1. The zero-order valence-corrected chi connectivity index (χ0v) is 29.2. The van der Waals surface area contributed by atoms with Crippen LogP contribution in [-0.2, 0) is 32.7 Å². The number of aliphatic hydroxyl groups excluding tert-OH is 2. The molecule has 1 saturated heterocycles. The molecule has 0 aromatic carbocycles. The van der Waals surface area contributed by atoms with E-state index in [-0.39, 0.29) is 6.42 Å². The molecule has 2 aliphatic rings. The maximum Gasteiger partial charge on any atom is 0.472 e. The predicted molar refractivity (Wildman–Crippen MR) is 181 cm³/mol. The minimum absolute atomic E-state index is 0.0768. The lowest BCUT2D eigenvalue weighted by molar-refractivity contribution is -0.152. The van der Waals surface area contributed by atoms with E-state index in [0.717, 1.165) is 22.3 Å². The molecule has 256 valence electrons. The number of phosphoric ester groups is 1. The smallest absolute Gasteiger partial charge is 0.450 e. The average molecular weight is 671 g/mol. The molecule has 0 bridgehead atoms. The van der Waals surface area contributed by atoms with Gasteiger partial charge in [0.2, 0.25) is 0 Å². The van der Waals surface area contributed by atoms with Crippen LogP contribution in [0.4, 0.5) is 0 Å². The molecule has 3 N–H and O–H groups in total. The Kier molecular flexibility index (Phi) is 14.9. The second-order valence-corrected chi connectivity index (χ2v) is 13.9. The Morgan fingerprint density at radius 1 is 0.915 bits per heavy atom. The van der Waals surface area contributed by atoms with Crippen molar-refractivity contribution in [3.63, 3.8) is 0 Å². The molecule has 1 aliphatic heterocycles. The van der Waals surface area contributed by atoms with Gasteiger partial charge in [0.05, 0.1) is 6.61 Å². The molecule has 5 atom stereocenters. The summed E-state index contributed by atoms with van der Waals surface area (Å²) in [6.07, 6.45) is 17.2. The van der Waals surface area contributed by atoms with Gasteiger partial charge in [-0.15, -0.1) is 0 Å². The van der Waals surface area contributed by atoms with Crippen LogP contribution in [0.3, 0.4) is 0 Å².